The van der Waals surface area contributed by atoms with E-state index in [9.17, 15) is 9.18 Å². The number of anilines is 1. The molecule has 9 heteroatoms. The normalized spacial score (nSPS) is 10.5. The number of carbonyl (C=O) groups is 1. The van der Waals surface area contributed by atoms with Crippen LogP contribution in [0.4, 0.5) is 10.1 Å². The number of amides is 1. The standard InChI is InChI=1S/C14H7Cl5FNO2/c15-9-10(16)12(18)14(13(19)11(9)17)23-5-8(22)21-7-3-1-6(20)2-4-7/h1-4H,5H2,(H,21,22). The summed E-state index contributed by atoms with van der Waals surface area (Å²) in [4.78, 5) is 11.8. The van der Waals surface area contributed by atoms with E-state index in [1.165, 1.54) is 24.3 Å². The predicted molar refractivity (Wildman–Crippen MR) is 92.0 cm³/mol. The minimum absolute atomic E-state index is 0.00792. The fourth-order valence-electron chi connectivity index (χ4n) is 1.58. The summed E-state index contributed by atoms with van der Waals surface area (Å²) in [5, 5.41) is 2.33. The fourth-order valence-corrected chi connectivity index (χ4v) is 2.81. The molecule has 0 aliphatic carbocycles. The van der Waals surface area contributed by atoms with E-state index in [-0.39, 0.29) is 30.9 Å². The van der Waals surface area contributed by atoms with E-state index < -0.39 is 18.3 Å². The number of hydrogen-bond acceptors (Lipinski definition) is 2. The zero-order valence-corrected chi connectivity index (χ0v) is 14.9. The van der Waals surface area contributed by atoms with E-state index in [1.807, 2.05) is 0 Å². The number of rotatable bonds is 4. The van der Waals surface area contributed by atoms with E-state index in [4.69, 9.17) is 62.7 Å². The molecule has 1 amide bonds. The van der Waals surface area contributed by atoms with E-state index >= 15 is 0 Å². The first-order valence-electron chi connectivity index (χ1n) is 6.01. The summed E-state index contributed by atoms with van der Waals surface area (Å²) in [5.41, 5.74) is 0.407. The second-order valence-electron chi connectivity index (χ2n) is 4.24. The molecule has 2 aromatic carbocycles. The molecule has 3 nitrogen and oxygen atoms in total. The van der Waals surface area contributed by atoms with Crippen LogP contribution >= 0.6 is 58.0 Å². The lowest BCUT2D eigenvalue weighted by Gasteiger charge is -2.13. The third-order valence-electron chi connectivity index (χ3n) is 2.65. The second-order valence-corrected chi connectivity index (χ2v) is 6.13. The molecule has 0 aliphatic heterocycles. The van der Waals surface area contributed by atoms with Gasteiger partial charge in [0.05, 0.1) is 15.1 Å². The van der Waals surface area contributed by atoms with Crippen molar-refractivity contribution in [2.75, 3.05) is 11.9 Å². The molecular weight excluding hydrogens is 410 g/mol. The second kappa shape index (κ2) is 7.77. The molecule has 0 aliphatic rings. The van der Waals surface area contributed by atoms with Crippen LogP contribution in [0.5, 0.6) is 5.75 Å². The Kier molecular flexibility index (Phi) is 6.23. The number of ether oxygens (including phenoxy) is 1. The molecule has 0 radical (unpaired) electrons. The van der Waals surface area contributed by atoms with Crippen LogP contribution < -0.4 is 10.1 Å². The van der Waals surface area contributed by atoms with Gasteiger partial charge in [0.1, 0.15) is 15.9 Å². The van der Waals surface area contributed by atoms with Crippen molar-refractivity contribution in [2.45, 2.75) is 0 Å². The number of nitrogens with one attached hydrogen (secondary N) is 1. The minimum atomic E-state index is -0.508. The summed E-state index contributed by atoms with van der Waals surface area (Å²) in [5.74, 6) is -0.976. The highest BCUT2D eigenvalue weighted by atomic mass is 35.5. The Morgan fingerprint density at radius 2 is 1.39 bits per heavy atom. The van der Waals surface area contributed by atoms with Crippen LogP contribution in [0, 0.1) is 5.82 Å². The minimum Gasteiger partial charge on any atom is -0.481 e. The molecule has 0 fully saturated rings. The fraction of sp³-hybridized carbons (Fsp3) is 0.0714. The molecule has 0 bridgehead atoms. The molecule has 0 spiro atoms. The van der Waals surface area contributed by atoms with E-state index in [0.29, 0.717) is 5.69 Å². The van der Waals surface area contributed by atoms with Crippen LogP contribution in [-0.4, -0.2) is 12.5 Å². The molecule has 0 heterocycles. The molecule has 0 saturated carbocycles. The van der Waals surface area contributed by atoms with Gasteiger partial charge in [-0.15, -0.1) is 0 Å². The van der Waals surface area contributed by atoms with Gasteiger partial charge in [-0.25, -0.2) is 4.39 Å². The first kappa shape index (κ1) is 18.4. The van der Waals surface area contributed by atoms with Crippen molar-refractivity contribution < 1.29 is 13.9 Å². The first-order valence-corrected chi connectivity index (χ1v) is 7.90. The van der Waals surface area contributed by atoms with Crippen molar-refractivity contribution in [2.24, 2.45) is 0 Å². The van der Waals surface area contributed by atoms with E-state index in [2.05, 4.69) is 5.32 Å². The van der Waals surface area contributed by atoms with Gasteiger partial charge in [-0.05, 0) is 24.3 Å². The van der Waals surface area contributed by atoms with Gasteiger partial charge in [-0.1, -0.05) is 58.0 Å². The summed E-state index contributed by atoms with van der Waals surface area (Å²) in [6, 6.07) is 5.23. The lowest BCUT2D eigenvalue weighted by atomic mass is 10.3. The largest absolute Gasteiger partial charge is 0.481 e. The van der Waals surface area contributed by atoms with Crippen LogP contribution in [0.25, 0.3) is 0 Å². The first-order chi connectivity index (χ1) is 10.8. The van der Waals surface area contributed by atoms with E-state index in [0.717, 1.165) is 0 Å². The highest BCUT2D eigenvalue weighted by Gasteiger charge is 2.21. The number of halogens is 6. The van der Waals surface area contributed by atoms with Crippen LogP contribution in [0.3, 0.4) is 0 Å². The maximum atomic E-state index is 12.8. The topological polar surface area (TPSA) is 38.3 Å². The number of benzene rings is 2. The van der Waals surface area contributed by atoms with Gasteiger partial charge in [-0.3, -0.25) is 4.79 Å². The molecule has 1 N–H and O–H groups in total. The van der Waals surface area contributed by atoms with Crippen molar-refractivity contribution in [1.29, 1.82) is 0 Å². The molecule has 0 aromatic heterocycles. The van der Waals surface area contributed by atoms with Gasteiger partial charge in [0, 0.05) is 5.69 Å². The van der Waals surface area contributed by atoms with Gasteiger partial charge in [-0.2, -0.15) is 0 Å². The van der Waals surface area contributed by atoms with Crippen LogP contribution in [0.1, 0.15) is 0 Å². The Morgan fingerprint density at radius 1 is 0.913 bits per heavy atom. The summed E-state index contributed by atoms with van der Waals surface area (Å²) in [7, 11) is 0. The molecule has 0 unspecified atom stereocenters. The number of hydrogen-bond donors (Lipinski definition) is 1. The maximum absolute atomic E-state index is 12.8. The van der Waals surface area contributed by atoms with Crippen molar-refractivity contribution in [3.8, 4) is 5.75 Å². The average molecular weight is 417 g/mol. The summed E-state index contributed by atoms with van der Waals surface area (Å²) < 4.78 is 18.1. The quantitative estimate of drug-likeness (QED) is 0.481. The highest BCUT2D eigenvalue weighted by Crippen LogP contribution is 2.48. The summed E-state index contributed by atoms with van der Waals surface area (Å²) >= 11 is 29.6. The van der Waals surface area contributed by atoms with Crippen molar-refractivity contribution in [1.82, 2.24) is 0 Å². The third-order valence-corrected chi connectivity index (χ3v) is 4.89. The molecular formula is C14H7Cl5FNO2. The average Bonchev–Trinajstić information content (AvgIpc) is 2.53. The lowest BCUT2D eigenvalue weighted by Crippen LogP contribution is -2.20. The summed E-state index contributed by atoms with van der Waals surface area (Å²) in [6.45, 7) is -0.412. The third kappa shape index (κ3) is 4.34. The van der Waals surface area contributed by atoms with Crippen LogP contribution in [-0.2, 0) is 4.79 Å². The maximum Gasteiger partial charge on any atom is 0.262 e. The predicted octanol–water partition coefficient (Wildman–Crippen LogP) is 6.11. The van der Waals surface area contributed by atoms with Crippen LogP contribution in [0.15, 0.2) is 24.3 Å². The monoisotopic (exact) mass is 415 g/mol. The van der Waals surface area contributed by atoms with Crippen molar-refractivity contribution in [3.05, 3.63) is 55.2 Å². The molecule has 0 atom stereocenters. The Morgan fingerprint density at radius 3 is 1.91 bits per heavy atom. The number of carbonyl (C=O) groups excluding carboxylic acids is 1. The van der Waals surface area contributed by atoms with Gasteiger partial charge in [0.2, 0.25) is 0 Å². The lowest BCUT2D eigenvalue weighted by molar-refractivity contribution is -0.118. The van der Waals surface area contributed by atoms with Crippen molar-refractivity contribution >= 4 is 69.6 Å². The molecule has 2 aromatic rings. The Balaban J connectivity index is 2.09. The molecule has 2 rings (SSSR count). The van der Waals surface area contributed by atoms with Gasteiger partial charge in [0.15, 0.2) is 12.4 Å². The molecule has 122 valence electrons. The highest BCUT2D eigenvalue weighted by molar-refractivity contribution is 6.55. The van der Waals surface area contributed by atoms with E-state index in [1.54, 1.807) is 0 Å². The molecule has 23 heavy (non-hydrogen) atoms. The van der Waals surface area contributed by atoms with Crippen LogP contribution in [0.2, 0.25) is 25.1 Å². The van der Waals surface area contributed by atoms with Gasteiger partial charge >= 0.3 is 0 Å². The van der Waals surface area contributed by atoms with Gasteiger partial charge in [0.25, 0.3) is 5.91 Å². The zero-order chi connectivity index (χ0) is 17.1. The zero-order valence-electron chi connectivity index (χ0n) is 11.1. The SMILES string of the molecule is O=C(COc1c(Cl)c(Cl)c(Cl)c(Cl)c1Cl)Nc1ccc(F)cc1. The Labute approximate surface area is 156 Å². The van der Waals surface area contributed by atoms with Crippen molar-refractivity contribution in [3.63, 3.8) is 0 Å². The smallest absolute Gasteiger partial charge is 0.262 e. The Hall–Kier alpha value is -0.910. The van der Waals surface area contributed by atoms with Gasteiger partial charge < -0.3 is 10.1 Å². The summed E-state index contributed by atoms with van der Waals surface area (Å²) in [6.07, 6.45) is 0. The molecule has 0 saturated heterocycles. The Bertz CT molecular complexity index is 723.